The second kappa shape index (κ2) is 14.8. The van der Waals surface area contributed by atoms with E-state index in [-0.39, 0.29) is 23.4 Å². The monoisotopic (exact) mass is 619 g/mol. The smallest absolute Gasteiger partial charge is 0.264 e. The number of rotatable bonds is 12. The maximum atomic E-state index is 14.4. The van der Waals surface area contributed by atoms with Crippen LogP contribution in [0.2, 0.25) is 0 Å². The Hall–Kier alpha value is -3.85. The molecule has 0 aliphatic heterocycles. The van der Waals surface area contributed by atoms with Crippen molar-refractivity contribution in [2.45, 2.75) is 89.7 Å². The van der Waals surface area contributed by atoms with Gasteiger partial charge in [-0.25, -0.2) is 8.42 Å². The van der Waals surface area contributed by atoms with E-state index in [2.05, 4.69) is 5.32 Å². The van der Waals surface area contributed by atoms with Crippen LogP contribution >= 0.6 is 0 Å². The molecule has 0 heterocycles. The highest BCUT2D eigenvalue weighted by atomic mass is 32.2. The molecule has 44 heavy (non-hydrogen) atoms. The molecule has 9 heteroatoms. The van der Waals surface area contributed by atoms with Gasteiger partial charge in [0.05, 0.1) is 17.7 Å². The van der Waals surface area contributed by atoms with Crippen LogP contribution in [0.5, 0.6) is 5.75 Å². The molecule has 236 valence electrons. The number of methoxy groups -OCH3 is 1. The molecule has 3 aromatic carbocycles. The first-order valence-electron chi connectivity index (χ1n) is 15.4. The van der Waals surface area contributed by atoms with E-state index in [9.17, 15) is 18.0 Å². The lowest BCUT2D eigenvalue weighted by atomic mass is 9.95. The highest BCUT2D eigenvalue weighted by Crippen LogP contribution is 2.29. The van der Waals surface area contributed by atoms with E-state index in [1.54, 1.807) is 37.4 Å². The number of benzene rings is 3. The van der Waals surface area contributed by atoms with Crippen molar-refractivity contribution < 1.29 is 22.7 Å². The second-order valence-electron chi connectivity index (χ2n) is 11.8. The SMILES string of the molecule is CC[C@H](C(=O)NC1CCCCC1)N(Cc1ccc(OC)cc1)C(=O)CN(c1cc(C)ccc1C)S(=O)(=O)c1ccc(C)cc1. The molecule has 0 radical (unpaired) electrons. The number of anilines is 1. The van der Waals surface area contributed by atoms with Crippen LogP contribution in [0.3, 0.4) is 0 Å². The molecule has 1 saturated carbocycles. The van der Waals surface area contributed by atoms with Crippen molar-refractivity contribution >= 4 is 27.5 Å². The number of nitrogens with zero attached hydrogens (tertiary/aromatic N) is 2. The predicted octanol–water partition coefficient (Wildman–Crippen LogP) is 6.07. The first-order chi connectivity index (χ1) is 21.0. The summed E-state index contributed by atoms with van der Waals surface area (Å²) in [6.07, 6.45) is 5.52. The Kier molecular flexibility index (Phi) is 11.1. The van der Waals surface area contributed by atoms with E-state index in [0.717, 1.165) is 54.4 Å². The van der Waals surface area contributed by atoms with Gasteiger partial charge in [-0.05, 0) is 87.1 Å². The molecule has 1 atom stereocenters. The Balaban J connectivity index is 1.73. The summed E-state index contributed by atoms with van der Waals surface area (Å²) in [5.41, 5.74) is 3.77. The third-order valence-corrected chi connectivity index (χ3v) is 10.1. The van der Waals surface area contributed by atoms with E-state index in [1.165, 1.54) is 9.21 Å². The van der Waals surface area contributed by atoms with Gasteiger partial charge in [-0.1, -0.05) is 68.1 Å². The lowest BCUT2D eigenvalue weighted by molar-refractivity contribution is -0.140. The van der Waals surface area contributed by atoms with Gasteiger partial charge in [0.15, 0.2) is 0 Å². The summed E-state index contributed by atoms with van der Waals surface area (Å²) in [4.78, 5) is 29.8. The van der Waals surface area contributed by atoms with Crippen LogP contribution in [-0.2, 0) is 26.2 Å². The van der Waals surface area contributed by atoms with Crippen LogP contribution in [0.4, 0.5) is 5.69 Å². The first kappa shape index (κ1) is 33.1. The van der Waals surface area contributed by atoms with Crippen molar-refractivity contribution in [2.75, 3.05) is 18.0 Å². The normalized spacial score (nSPS) is 14.5. The highest BCUT2D eigenvalue weighted by molar-refractivity contribution is 7.92. The van der Waals surface area contributed by atoms with E-state index in [0.29, 0.717) is 17.9 Å². The summed E-state index contributed by atoms with van der Waals surface area (Å²) in [6, 6.07) is 18.8. The number of sulfonamides is 1. The first-order valence-corrected chi connectivity index (χ1v) is 16.9. The molecule has 4 rings (SSSR count). The molecule has 1 N–H and O–H groups in total. The number of nitrogens with one attached hydrogen (secondary N) is 1. The zero-order valence-corrected chi connectivity index (χ0v) is 27.3. The van der Waals surface area contributed by atoms with E-state index in [1.807, 2.05) is 64.1 Å². The van der Waals surface area contributed by atoms with Gasteiger partial charge in [-0.15, -0.1) is 0 Å². The van der Waals surface area contributed by atoms with E-state index >= 15 is 0 Å². The molecule has 1 aliphatic carbocycles. The average molecular weight is 620 g/mol. The van der Waals surface area contributed by atoms with Crippen LogP contribution < -0.4 is 14.4 Å². The number of ether oxygens (including phenoxy) is 1. The van der Waals surface area contributed by atoms with E-state index < -0.39 is 28.5 Å². The van der Waals surface area contributed by atoms with Crippen molar-refractivity contribution in [3.8, 4) is 5.75 Å². The molecule has 3 aromatic rings. The van der Waals surface area contributed by atoms with Gasteiger partial charge < -0.3 is 15.0 Å². The Bertz CT molecular complexity index is 1530. The van der Waals surface area contributed by atoms with Gasteiger partial charge in [0.2, 0.25) is 11.8 Å². The fraction of sp³-hybridized carbons (Fsp3) is 0.429. The summed E-state index contributed by atoms with van der Waals surface area (Å²) in [5.74, 6) is 0.0167. The summed E-state index contributed by atoms with van der Waals surface area (Å²) in [5, 5.41) is 3.19. The molecule has 1 fully saturated rings. The largest absolute Gasteiger partial charge is 0.497 e. The standard InChI is InChI=1S/C35H45N3O5S/c1-6-32(35(40)36-29-10-8-7-9-11-29)37(23-28-16-18-30(43-5)19-17-28)34(39)24-38(33-22-26(3)12-15-27(33)4)44(41,42)31-20-13-25(2)14-21-31/h12-22,29,32H,6-11,23-24H2,1-5H3,(H,36,40)/t32-/m1/s1. The molecule has 0 spiro atoms. The number of carbonyl (C=O) groups is 2. The van der Waals surface area contributed by atoms with Crippen molar-refractivity contribution in [1.82, 2.24) is 10.2 Å². The number of hydrogen-bond donors (Lipinski definition) is 1. The number of carbonyl (C=O) groups excluding carboxylic acids is 2. The molecule has 8 nitrogen and oxygen atoms in total. The van der Waals surface area contributed by atoms with Crippen LogP contribution in [0.15, 0.2) is 71.6 Å². The van der Waals surface area contributed by atoms with Crippen LogP contribution in [0, 0.1) is 20.8 Å². The zero-order chi connectivity index (χ0) is 31.9. The van der Waals surface area contributed by atoms with Crippen molar-refractivity contribution in [3.63, 3.8) is 0 Å². The Morgan fingerprint density at radius 1 is 0.909 bits per heavy atom. The zero-order valence-electron chi connectivity index (χ0n) is 26.5. The maximum Gasteiger partial charge on any atom is 0.264 e. The van der Waals surface area contributed by atoms with Gasteiger partial charge in [-0.3, -0.25) is 13.9 Å². The van der Waals surface area contributed by atoms with Gasteiger partial charge in [0.25, 0.3) is 10.0 Å². The predicted molar refractivity (Wildman–Crippen MR) is 174 cm³/mol. The summed E-state index contributed by atoms with van der Waals surface area (Å²) < 4.78 is 34.9. The number of amides is 2. The third-order valence-electron chi connectivity index (χ3n) is 8.37. The molecule has 0 unspecified atom stereocenters. The highest BCUT2D eigenvalue weighted by Gasteiger charge is 2.35. The van der Waals surface area contributed by atoms with Crippen molar-refractivity contribution in [3.05, 3.63) is 89.0 Å². The molecule has 2 amide bonds. The Labute approximate surface area is 262 Å². The molecular formula is C35H45N3O5S. The summed E-state index contributed by atoms with van der Waals surface area (Å²) in [6.45, 7) is 7.18. The van der Waals surface area contributed by atoms with Crippen molar-refractivity contribution in [2.24, 2.45) is 0 Å². The number of hydrogen-bond acceptors (Lipinski definition) is 5. The summed E-state index contributed by atoms with van der Waals surface area (Å²) >= 11 is 0. The fourth-order valence-corrected chi connectivity index (χ4v) is 7.20. The van der Waals surface area contributed by atoms with Gasteiger partial charge in [0, 0.05) is 12.6 Å². The lowest BCUT2D eigenvalue weighted by Crippen LogP contribution is -2.54. The average Bonchev–Trinajstić information content (AvgIpc) is 3.02. The molecule has 0 bridgehead atoms. The molecule has 0 aromatic heterocycles. The maximum absolute atomic E-state index is 14.4. The van der Waals surface area contributed by atoms with Gasteiger partial charge in [-0.2, -0.15) is 0 Å². The van der Waals surface area contributed by atoms with E-state index in [4.69, 9.17) is 4.74 Å². The van der Waals surface area contributed by atoms with Crippen LogP contribution in [0.25, 0.3) is 0 Å². The van der Waals surface area contributed by atoms with Crippen molar-refractivity contribution in [1.29, 1.82) is 0 Å². The Morgan fingerprint density at radius 3 is 2.16 bits per heavy atom. The van der Waals surface area contributed by atoms with Crippen LogP contribution in [-0.4, -0.2) is 50.9 Å². The van der Waals surface area contributed by atoms with Crippen LogP contribution in [0.1, 0.15) is 67.7 Å². The minimum atomic E-state index is -4.13. The fourth-order valence-electron chi connectivity index (χ4n) is 5.73. The molecule has 1 aliphatic rings. The third kappa shape index (κ3) is 8.00. The van der Waals surface area contributed by atoms with Gasteiger partial charge in [0.1, 0.15) is 18.3 Å². The Morgan fingerprint density at radius 2 is 1.55 bits per heavy atom. The quantitative estimate of drug-likeness (QED) is 0.266. The lowest BCUT2D eigenvalue weighted by Gasteiger charge is -2.35. The minimum Gasteiger partial charge on any atom is -0.497 e. The van der Waals surface area contributed by atoms with Gasteiger partial charge >= 0.3 is 0 Å². The second-order valence-corrected chi connectivity index (χ2v) is 13.6. The summed E-state index contributed by atoms with van der Waals surface area (Å²) in [7, 11) is -2.54. The molecular weight excluding hydrogens is 574 g/mol. The molecule has 0 saturated heterocycles. The minimum absolute atomic E-state index is 0.0802. The topological polar surface area (TPSA) is 96.0 Å². The number of aryl methyl sites for hydroxylation is 3.